The molecule has 2 amide bonds. The summed E-state index contributed by atoms with van der Waals surface area (Å²) in [5.41, 5.74) is 3.95. The average molecular weight is 364 g/mol. The predicted octanol–water partition coefficient (Wildman–Crippen LogP) is 3.34. The third-order valence-electron chi connectivity index (χ3n) is 5.38. The van der Waals surface area contributed by atoms with Crippen molar-refractivity contribution in [2.75, 3.05) is 30.0 Å². The number of aryl methyl sites for hydroxylation is 1. The fraction of sp³-hybridized carbons (Fsp3) is 0.364. The monoisotopic (exact) mass is 364 g/mol. The normalized spacial score (nSPS) is 16.4. The Morgan fingerprint density at radius 2 is 1.81 bits per heavy atom. The van der Waals surface area contributed by atoms with Gasteiger partial charge in [-0.1, -0.05) is 24.3 Å². The van der Waals surface area contributed by atoms with Crippen LogP contribution in [0, 0.1) is 0 Å². The lowest BCUT2D eigenvalue weighted by Gasteiger charge is -2.31. The number of methoxy groups -OCH3 is 1. The Bertz CT molecular complexity index is 846. The van der Waals surface area contributed by atoms with Crippen LogP contribution in [0.4, 0.5) is 11.4 Å². The lowest BCUT2D eigenvalue weighted by atomic mass is 10.00. The van der Waals surface area contributed by atoms with E-state index in [0.717, 1.165) is 54.1 Å². The van der Waals surface area contributed by atoms with Gasteiger partial charge in [0.2, 0.25) is 11.8 Å². The summed E-state index contributed by atoms with van der Waals surface area (Å²) in [6.45, 7) is 1.49. The van der Waals surface area contributed by atoms with Crippen molar-refractivity contribution in [1.29, 1.82) is 0 Å². The molecule has 0 saturated carbocycles. The van der Waals surface area contributed by atoms with Crippen molar-refractivity contribution in [3.63, 3.8) is 0 Å². The van der Waals surface area contributed by atoms with Crippen molar-refractivity contribution in [2.24, 2.45) is 0 Å². The molecule has 140 valence electrons. The second kappa shape index (κ2) is 7.43. The number of ether oxygens (including phenoxy) is 1. The second-order valence-electron chi connectivity index (χ2n) is 7.11. The number of rotatable bonds is 4. The number of benzene rings is 2. The standard InChI is InChI=1S/C22H24N2O3/c1-27-19-7-2-5-17-6-3-14-24(22(17)19)21(26)15-16-9-11-18(12-10-16)23-13-4-8-20(23)25/h2,5,7,9-12H,3-4,6,8,13-15H2,1H3. The average Bonchev–Trinajstić information content (AvgIpc) is 3.13. The van der Waals surface area contributed by atoms with Gasteiger partial charge in [-0.3, -0.25) is 9.59 Å². The van der Waals surface area contributed by atoms with Crippen LogP contribution in [-0.4, -0.2) is 32.0 Å². The molecule has 0 bridgehead atoms. The van der Waals surface area contributed by atoms with Gasteiger partial charge in [-0.25, -0.2) is 0 Å². The van der Waals surface area contributed by atoms with E-state index in [4.69, 9.17) is 4.74 Å². The minimum atomic E-state index is 0.0745. The fourth-order valence-electron chi connectivity index (χ4n) is 4.01. The molecule has 1 saturated heterocycles. The Morgan fingerprint density at radius 3 is 2.52 bits per heavy atom. The van der Waals surface area contributed by atoms with Crippen molar-refractivity contribution in [1.82, 2.24) is 0 Å². The largest absolute Gasteiger partial charge is 0.495 e. The van der Waals surface area contributed by atoms with Crippen LogP contribution >= 0.6 is 0 Å². The summed E-state index contributed by atoms with van der Waals surface area (Å²) in [6, 6.07) is 13.7. The molecule has 0 aliphatic carbocycles. The van der Waals surface area contributed by atoms with Crippen molar-refractivity contribution in [2.45, 2.75) is 32.1 Å². The van der Waals surface area contributed by atoms with Crippen LogP contribution < -0.4 is 14.5 Å². The molecule has 2 aliphatic rings. The topological polar surface area (TPSA) is 49.9 Å². The van der Waals surface area contributed by atoms with E-state index in [0.29, 0.717) is 19.4 Å². The smallest absolute Gasteiger partial charge is 0.231 e. The van der Waals surface area contributed by atoms with Crippen molar-refractivity contribution < 1.29 is 14.3 Å². The molecule has 0 aromatic heterocycles. The summed E-state index contributed by atoms with van der Waals surface area (Å²) in [5, 5.41) is 0. The van der Waals surface area contributed by atoms with Crippen molar-refractivity contribution in [3.8, 4) is 5.75 Å². The van der Waals surface area contributed by atoms with E-state index in [1.807, 2.05) is 46.2 Å². The molecule has 0 atom stereocenters. The number of para-hydroxylation sites is 1. The predicted molar refractivity (Wildman–Crippen MR) is 105 cm³/mol. The molecule has 2 heterocycles. The molecule has 0 spiro atoms. The van der Waals surface area contributed by atoms with Crippen LogP contribution in [0.25, 0.3) is 0 Å². The van der Waals surface area contributed by atoms with Crippen molar-refractivity contribution in [3.05, 3.63) is 53.6 Å². The quantitative estimate of drug-likeness (QED) is 0.836. The first-order valence-corrected chi connectivity index (χ1v) is 9.53. The van der Waals surface area contributed by atoms with Crippen LogP contribution in [0.5, 0.6) is 5.75 Å². The molecule has 5 nitrogen and oxygen atoms in total. The van der Waals surface area contributed by atoms with E-state index in [9.17, 15) is 9.59 Å². The Labute approximate surface area is 159 Å². The maximum atomic E-state index is 13.0. The summed E-state index contributed by atoms with van der Waals surface area (Å²) in [6.07, 6.45) is 3.80. The number of nitrogens with zero attached hydrogens (tertiary/aromatic N) is 2. The van der Waals surface area contributed by atoms with Gasteiger partial charge in [-0.05, 0) is 48.6 Å². The number of anilines is 2. The fourth-order valence-corrected chi connectivity index (χ4v) is 4.01. The zero-order valence-electron chi connectivity index (χ0n) is 15.6. The molecule has 27 heavy (non-hydrogen) atoms. The summed E-state index contributed by atoms with van der Waals surface area (Å²) < 4.78 is 5.49. The first kappa shape index (κ1) is 17.6. The molecule has 2 aromatic rings. The zero-order valence-corrected chi connectivity index (χ0v) is 15.6. The Hall–Kier alpha value is -2.82. The van der Waals surface area contributed by atoms with E-state index in [1.165, 1.54) is 0 Å². The first-order chi connectivity index (χ1) is 13.2. The summed E-state index contributed by atoms with van der Waals surface area (Å²) in [7, 11) is 1.64. The van der Waals surface area contributed by atoms with Crippen LogP contribution in [0.1, 0.15) is 30.4 Å². The number of hydrogen-bond acceptors (Lipinski definition) is 3. The number of amides is 2. The summed E-state index contributed by atoms with van der Waals surface area (Å²) in [4.78, 5) is 28.5. The third kappa shape index (κ3) is 3.42. The zero-order chi connectivity index (χ0) is 18.8. The number of hydrogen-bond donors (Lipinski definition) is 0. The summed E-state index contributed by atoms with van der Waals surface area (Å²) in [5.74, 6) is 1.00. The molecule has 2 aromatic carbocycles. The third-order valence-corrected chi connectivity index (χ3v) is 5.38. The molecule has 0 N–H and O–H groups in total. The highest BCUT2D eigenvalue weighted by atomic mass is 16.5. The van der Waals surface area contributed by atoms with Crippen LogP contribution in [0.2, 0.25) is 0 Å². The minimum absolute atomic E-state index is 0.0745. The van der Waals surface area contributed by atoms with Gasteiger partial charge in [0.05, 0.1) is 19.2 Å². The lowest BCUT2D eigenvalue weighted by molar-refractivity contribution is -0.118. The van der Waals surface area contributed by atoms with Gasteiger partial charge in [0.1, 0.15) is 5.75 Å². The van der Waals surface area contributed by atoms with Gasteiger partial charge in [-0.2, -0.15) is 0 Å². The van der Waals surface area contributed by atoms with E-state index >= 15 is 0 Å². The van der Waals surface area contributed by atoms with E-state index in [1.54, 1.807) is 7.11 Å². The second-order valence-corrected chi connectivity index (χ2v) is 7.11. The molecule has 1 fully saturated rings. The van der Waals surface area contributed by atoms with Gasteiger partial charge in [0, 0.05) is 25.2 Å². The summed E-state index contributed by atoms with van der Waals surface area (Å²) >= 11 is 0. The van der Waals surface area contributed by atoms with Crippen LogP contribution in [0.3, 0.4) is 0 Å². The first-order valence-electron chi connectivity index (χ1n) is 9.53. The van der Waals surface area contributed by atoms with E-state index < -0.39 is 0 Å². The molecular weight excluding hydrogens is 340 g/mol. The lowest BCUT2D eigenvalue weighted by Crippen LogP contribution is -2.36. The molecule has 5 heteroatoms. The van der Waals surface area contributed by atoms with Crippen molar-refractivity contribution >= 4 is 23.2 Å². The molecule has 2 aliphatic heterocycles. The van der Waals surface area contributed by atoms with Gasteiger partial charge >= 0.3 is 0 Å². The van der Waals surface area contributed by atoms with Gasteiger partial charge in [-0.15, -0.1) is 0 Å². The highest BCUT2D eigenvalue weighted by molar-refractivity contribution is 5.98. The Kier molecular flexibility index (Phi) is 4.84. The van der Waals surface area contributed by atoms with E-state index in [-0.39, 0.29) is 11.8 Å². The van der Waals surface area contributed by atoms with Crippen LogP contribution in [-0.2, 0) is 22.4 Å². The van der Waals surface area contributed by atoms with Gasteiger partial charge < -0.3 is 14.5 Å². The highest BCUT2D eigenvalue weighted by Crippen LogP contribution is 2.36. The molecule has 4 rings (SSSR count). The van der Waals surface area contributed by atoms with Gasteiger partial charge in [0.25, 0.3) is 0 Å². The Balaban J connectivity index is 1.51. The van der Waals surface area contributed by atoms with Crippen LogP contribution in [0.15, 0.2) is 42.5 Å². The van der Waals surface area contributed by atoms with E-state index in [2.05, 4.69) is 6.07 Å². The number of fused-ring (bicyclic) bond motifs is 1. The highest BCUT2D eigenvalue weighted by Gasteiger charge is 2.26. The number of carbonyl (C=O) groups excluding carboxylic acids is 2. The molecule has 0 unspecified atom stereocenters. The maximum absolute atomic E-state index is 13.0. The molecular formula is C22H24N2O3. The maximum Gasteiger partial charge on any atom is 0.231 e. The SMILES string of the molecule is COc1cccc2c1N(C(=O)Cc1ccc(N3CCCC3=O)cc1)CCC2. The molecule has 0 radical (unpaired) electrons. The Morgan fingerprint density at radius 1 is 1.04 bits per heavy atom. The number of carbonyl (C=O) groups is 2. The minimum Gasteiger partial charge on any atom is -0.495 e. The van der Waals surface area contributed by atoms with Gasteiger partial charge in [0.15, 0.2) is 0 Å².